The maximum Gasteiger partial charge on any atom is 0.321 e. The van der Waals surface area contributed by atoms with Gasteiger partial charge in [-0.3, -0.25) is 0 Å². The Kier molecular flexibility index (Phi) is 4.60. The van der Waals surface area contributed by atoms with Gasteiger partial charge in [0.15, 0.2) is 0 Å². The van der Waals surface area contributed by atoms with Crippen molar-refractivity contribution in [2.45, 2.75) is 12.5 Å². The van der Waals surface area contributed by atoms with Gasteiger partial charge >= 0.3 is 6.03 Å². The summed E-state index contributed by atoms with van der Waals surface area (Å²) in [4.78, 5) is 13.7. The molecule has 0 spiro atoms. The Morgan fingerprint density at radius 1 is 1.09 bits per heavy atom. The number of anilines is 1. The number of hydrogen-bond acceptors (Lipinski definition) is 2. The second kappa shape index (κ2) is 6.99. The van der Waals surface area contributed by atoms with Crippen LogP contribution in [0.4, 0.5) is 10.5 Å². The third-order valence-corrected chi connectivity index (χ3v) is 3.69. The van der Waals surface area contributed by atoms with Crippen LogP contribution in [0.5, 0.6) is 0 Å². The summed E-state index contributed by atoms with van der Waals surface area (Å²) < 4.78 is 0. The summed E-state index contributed by atoms with van der Waals surface area (Å²) in [6, 6.07) is 17.0. The predicted octanol–water partition coefficient (Wildman–Crippen LogP) is 2.68. The number of amides is 2. The zero-order chi connectivity index (χ0) is 16.1. The van der Waals surface area contributed by atoms with Gasteiger partial charge in [-0.25, -0.2) is 4.79 Å². The number of carbonyl (C=O) groups excluding carboxylic acids is 1. The molecule has 3 rings (SSSR count). The average molecular weight is 306 g/mol. The quantitative estimate of drug-likeness (QED) is 0.796. The lowest BCUT2D eigenvalue weighted by Crippen LogP contribution is -2.33. The molecule has 0 radical (unpaired) electrons. The smallest absolute Gasteiger partial charge is 0.321 e. The first-order chi connectivity index (χ1) is 11.2. The van der Waals surface area contributed by atoms with Crippen LogP contribution in [0.3, 0.4) is 0 Å². The number of urea groups is 1. The second-order valence-electron chi connectivity index (χ2n) is 5.52. The van der Waals surface area contributed by atoms with Gasteiger partial charge in [0.2, 0.25) is 0 Å². The number of hydrogen-bond donors (Lipinski definition) is 2. The first kappa shape index (κ1) is 15.1. The molecule has 2 aromatic rings. The number of benzene rings is 2. The standard InChI is InChI=1S/C19H18N2O2/c22-18-11-12-21(14-18)19(23)20-17-8-4-7-16(13-17)10-9-15-5-2-1-3-6-15/h1-8,13,18,22H,11-12,14H2,(H,20,23)/t18-/m1/s1. The van der Waals surface area contributed by atoms with Crippen molar-refractivity contribution in [3.05, 3.63) is 65.7 Å². The fourth-order valence-corrected chi connectivity index (χ4v) is 2.47. The molecule has 2 N–H and O–H groups in total. The van der Waals surface area contributed by atoms with Gasteiger partial charge < -0.3 is 15.3 Å². The van der Waals surface area contributed by atoms with E-state index in [4.69, 9.17) is 0 Å². The summed E-state index contributed by atoms with van der Waals surface area (Å²) in [5.74, 6) is 6.19. The average Bonchev–Trinajstić information content (AvgIpc) is 3.01. The highest BCUT2D eigenvalue weighted by Gasteiger charge is 2.24. The summed E-state index contributed by atoms with van der Waals surface area (Å²) in [6.45, 7) is 0.972. The minimum Gasteiger partial charge on any atom is -0.391 e. The van der Waals surface area contributed by atoms with E-state index in [9.17, 15) is 9.90 Å². The Labute approximate surface area is 135 Å². The number of aliphatic hydroxyl groups is 1. The first-order valence-electron chi connectivity index (χ1n) is 7.62. The van der Waals surface area contributed by atoms with Gasteiger partial charge in [0.1, 0.15) is 0 Å². The van der Waals surface area contributed by atoms with E-state index in [2.05, 4.69) is 17.2 Å². The molecular weight excluding hydrogens is 288 g/mol. The molecule has 0 saturated carbocycles. The molecule has 1 heterocycles. The number of nitrogens with zero attached hydrogens (tertiary/aromatic N) is 1. The van der Waals surface area contributed by atoms with Crippen molar-refractivity contribution in [1.82, 2.24) is 4.90 Å². The molecular formula is C19H18N2O2. The third-order valence-electron chi connectivity index (χ3n) is 3.69. The van der Waals surface area contributed by atoms with Gasteiger partial charge in [0.05, 0.1) is 6.10 Å². The van der Waals surface area contributed by atoms with Crippen LogP contribution in [0.25, 0.3) is 0 Å². The number of carbonyl (C=O) groups is 1. The predicted molar refractivity (Wildman–Crippen MR) is 90.1 cm³/mol. The summed E-state index contributed by atoms with van der Waals surface area (Å²) in [6.07, 6.45) is 0.222. The minimum atomic E-state index is -0.413. The van der Waals surface area contributed by atoms with Crippen molar-refractivity contribution < 1.29 is 9.90 Å². The van der Waals surface area contributed by atoms with Crippen LogP contribution in [-0.2, 0) is 0 Å². The highest BCUT2D eigenvalue weighted by molar-refractivity contribution is 5.89. The molecule has 0 unspecified atom stereocenters. The van der Waals surface area contributed by atoms with Crippen LogP contribution >= 0.6 is 0 Å². The molecule has 1 fully saturated rings. The maximum absolute atomic E-state index is 12.1. The number of β-amino-alcohol motifs (C(OH)–C–C–N with tert-alkyl or cyclic N) is 1. The Morgan fingerprint density at radius 2 is 1.83 bits per heavy atom. The minimum absolute atomic E-state index is 0.185. The molecule has 116 valence electrons. The molecule has 0 bridgehead atoms. The lowest BCUT2D eigenvalue weighted by atomic mass is 10.1. The normalized spacial score (nSPS) is 16.6. The zero-order valence-electron chi connectivity index (χ0n) is 12.7. The van der Waals surface area contributed by atoms with E-state index in [1.165, 1.54) is 0 Å². The molecule has 1 atom stereocenters. The number of likely N-dealkylation sites (tertiary alicyclic amines) is 1. The van der Waals surface area contributed by atoms with Crippen molar-refractivity contribution in [3.63, 3.8) is 0 Å². The Balaban J connectivity index is 1.68. The molecule has 0 aliphatic carbocycles. The van der Waals surface area contributed by atoms with Crippen LogP contribution in [0.1, 0.15) is 17.5 Å². The zero-order valence-corrected chi connectivity index (χ0v) is 12.7. The van der Waals surface area contributed by atoms with Gasteiger partial charge in [0.25, 0.3) is 0 Å². The van der Waals surface area contributed by atoms with Crippen molar-refractivity contribution >= 4 is 11.7 Å². The molecule has 4 heteroatoms. The van der Waals surface area contributed by atoms with Crippen molar-refractivity contribution in [2.24, 2.45) is 0 Å². The van der Waals surface area contributed by atoms with Crippen molar-refractivity contribution in [1.29, 1.82) is 0 Å². The molecule has 1 aliphatic heterocycles. The van der Waals surface area contributed by atoms with Crippen LogP contribution in [0, 0.1) is 11.8 Å². The highest BCUT2D eigenvalue weighted by atomic mass is 16.3. The van der Waals surface area contributed by atoms with Crippen molar-refractivity contribution in [3.8, 4) is 11.8 Å². The fraction of sp³-hybridized carbons (Fsp3) is 0.211. The maximum atomic E-state index is 12.1. The number of rotatable bonds is 1. The summed E-state index contributed by atoms with van der Waals surface area (Å²) >= 11 is 0. The highest BCUT2D eigenvalue weighted by Crippen LogP contribution is 2.14. The summed E-state index contributed by atoms with van der Waals surface area (Å²) in [5.41, 5.74) is 2.50. The Morgan fingerprint density at radius 3 is 2.57 bits per heavy atom. The van der Waals surface area contributed by atoms with E-state index < -0.39 is 6.10 Å². The van der Waals surface area contributed by atoms with Crippen LogP contribution in [-0.4, -0.2) is 35.2 Å². The van der Waals surface area contributed by atoms with E-state index in [1.807, 2.05) is 54.6 Å². The molecule has 2 amide bonds. The van der Waals surface area contributed by atoms with Crippen molar-refractivity contribution in [2.75, 3.05) is 18.4 Å². The van der Waals surface area contributed by atoms with E-state index in [-0.39, 0.29) is 6.03 Å². The van der Waals surface area contributed by atoms with Crippen LogP contribution in [0.15, 0.2) is 54.6 Å². The Hall–Kier alpha value is -2.77. The van der Waals surface area contributed by atoms with Gasteiger partial charge in [-0.1, -0.05) is 36.1 Å². The third kappa shape index (κ3) is 4.12. The molecule has 23 heavy (non-hydrogen) atoms. The summed E-state index contributed by atoms with van der Waals surface area (Å²) in [5, 5.41) is 12.3. The van der Waals surface area contributed by atoms with E-state index in [0.29, 0.717) is 25.2 Å². The number of aliphatic hydroxyl groups excluding tert-OH is 1. The SMILES string of the molecule is O=C(Nc1cccc(C#Cc2ccccc2)c1)N1CC[C@@H](O)C1. The molecule has 0 aromatic heterocycles. The largest absolute Gasteiger partial charge is 0.391 e. The topological polar surface area (TPSA) is 52.6 Å². The first-order valence-corrected chi connectivity index (χ1v) is 7.62. The lowest BCUT2D eigenvalue weighted by molar-refractivity contribution is 0.176. The molecule has 1 aliphatic rings. The molecule has 4 nitrogen and oxygen atoms in total. The molecule has 1 saturated heterocycles. The number of nitrogens with one attached hydrogen (secondary N) is 1. The van der Waals surface area contributed by atoms with Gasteiger partial charge in [-0.05, 0) is 36.8 Å². The van der Waals surface area contributed by atoms with Gasteiger partial charge in [0, 0.05) is 29.9 Å². The van der Waals surface area contributed by atoms with Gasteiger partial charge in [-0.15, -0.1) is 0 Å². The van der Waals surface area contributed by atoms with Gasteiger partial charge in [-0.2, -0.15) is 0 Å². The monoisotopic (exact) mass is 306 g/mol. The van der Waals surface area contributed by atoms with E-state index in [0.717, 1.165) is 11.1 Å². The molecule has 2 aromatic carbocycles. The van der Waals surface area contributed by atoms with Crippen LogP contribution < -0.4 is 5.32 Å². The summed E-state index contributed by atoms with van der Waals surface area (Å²) in [7, 11) is 0. The Bertz CT molecular complexity index is 747. The van der Waals surface area contributed by atoms with Crippen LogP contribution in [0.2, 0.25) is 0 Å². The van der Waals surface area contributed by atoms with E-state index >= 15 is 0 Å². The lowest BCUT2D eigenvalue weighted by Gasteiger charge is -2.16. The van der Waals surface area contributed by atoms with E-state index in [1.54, 1.807) is 4.90 Å². The second-order valence-corrected chi connectivity index (χ2v) is 5.52. The fourth-order valence-electron chi connectivity index (χ4n) is 2.47.